The fourth-order valence-electron chi connectivity index (χ4n) is 4.48. The molecule has 0 radical (unpaired) electrons. The molecule has 2 heterocycles. The molecule has 152 valence electrons. The van der Waals surface area contributed by atoms with Crippen LogP contribution in [0.5, 0.6) is 0 Å². The van der Waals surface area contributed by atoms with Crippen molar-refractivity contribution in [3.8, 4) is 0 Å². The molecule has 0 atom stereocenters. The number of aliphatic hydroxyl groups excluding tert-OH is 1. The summed E-state index contributed by atoms with van der Waals surface area (Å²) in [5.41, 5.74) is 3.38. The first kappa shape index (κ1) is 19.8. The number of aliphatic hydroxyl groups is 1. The van der Waals surface area contributed by atoms with Gasteiger partial charge >= 0.3 is 0 Å². The number of aromatic nitrogens is 3. The molecule has 0 amide bonds. The Bertz CT molecular complexity index is 1030. The molecular weight excluding hydrogens is 362 g/mol. The molecule has 5 nitrogen and oxygen atoms in total. The van der Waals surface area contributed by atoms with Crippen LogP contribution in [0.25, 0.3) is 5.65 Å². The second kappa shape index (κ2) is 7.38. The Hall–Kier alpha value is -2.53. The average molecular weight is 392 g/mol. The van der Waals surface area contributed by atoms with Gasteiger partial charge in [0.2, 0.25) is 0 Å². The van der Waals surface area contributed by atoms with E-state index >= 15 is 0 Å². The lowest BCUT2D eigenvalue weighted by Gasteiger charge is -2.41. The molecule has 1 aliphatic rings. The summed E-state index contributed by atoms with van der Waals surface area (Å²) in [5.74, 6) is 1.07. The average Bonchev–Trinajstić information content (AvgIpc) is 3.11. The summed E-state index contributed by atoms with van der Waals surface area (Å²) in [6.07, 6.45) is 6.14. The first-order chi connectivity index (χ1) is 13.9. The van der Waals surface area contributed by atoms with Crippen LogP contribution in [0.2, 0.25) is 0 Å². The lowest BCUT2D eigenvalue weighted by Crippen LogP contribution is -2.37. The molecule has 4 rings (SSSR count). The normalized spacial score (nSPS) is 16.0. The van der Waals surface area contributed by atoms with Gasteiger partial charge < -0.3 is 5.11 Å². The van der Waals surface area contributed by atoms with E-state index in [-0.39, 0.29) is 17.8 Å². The van der Waals surface area contributed by atoms with Gasteiger partial charge in [-0.25, -0.2) is 0 Å². The highest BCUT2D eigenvalue weighted by molar-refractivity contribution is 5.91. The number of Topliss-reactive ketones (excluding diaryl/α,β-unsaturated/α-hetero) is 1. The smallest absolute Gasteiger partial charge is 0.165 e. The first-order valence-corrected chi connectivity index (χ1v) is 10.5. The van der Waals surface area contributed by atoms with E-state index in [0.717, 1.165) is 29.9 Å². The van der Waals surface area contributed by atoms with Gasteiger partial charge in [0.1, 0.15) is 11.6 Å². The van der Waals surface area contributed by atoms with Gasteiger partial charge in [0.05, 0.1) is 10.8 Å². The van der Waals surface area contributed by atoms with E-state index in [2.05, 4.69) is 45.8 Å². The monoisotopic (exact) mass is 391 g/mol. The van der Waals surface area contributed by atoms with E-state index in [0.29, 0.717) is 12.8 Å². The standard InChI is InChI=1S/C24H29N3O2/c1-17-9-11-18(12-10-17)24(13-6-14-24)22-26-25-21-19(7-4-15-27(21)22)23(2,3)20(29)8-5-16-28/h4,7,9-12,15,28H,5-6,8,13-14,16H2,1-3H3. The maximum atomic E-state index is 12.8. The summed E-state index contributed by atoms with van der Waals surface area (Å²) in [6.45, 7) is 6.01. The molecule has 0 bridgehead atoms. The summed E-state index contributed by atoms with van der Waals surface area (Å²) in [7, 11) is 0. The minimum absolute atomic E-state index is 0.0279. The van der Waals surface area contributed by atoms with E-state index in [1.54, 1.807) is 0 Å². The zero-order valence-electron chi connectivity index (χ0n) is 17.5. The van der Waals surface area contributed by atoms with E-state index in [4.69, 9.17) is 5.11 Å². The minimum Gasteiger partial charge on any atom is -0.396 e. The summed E-state index contributed by atoms with van der Waals surface area (Å²) < 4.78 is 2.08. The number of hydrogen-bond donors (Lipinski definition) is 1. The third kappa shape index (κ3) is 3.18. The van der Waals surface area contributed by atoms with Crippen LogP contribution in [0.3, 0.4) is 0 Å². The van der Waals surface area contributed by atoms with Crippen molar-refractivity contribution in [2.45, 2.75) is 63.7 Å². The van der Waals surface area contributed by atoms with Crippen LogP contribution in [0.15, 0.2) is 42.6 Å². The van der Waals surface area contributed by atoms with Gasteiger partial charge in [-0.15, -0.1) is 10.2 Å². The Morgan fingerprint density at radius 1 is 1.17 bits per heavy atom. The van der Waals surface area contributed by atoms with Gasteiger partial charge in [-0.1, -0.05) is 42.3 Å². The van der Waals surface area contributed by atoms with Gasteiger partial charge in [0, 0.05) is 24.8 Å². The van der Waals surface area contributed by atoms with Crippen molar-refractivity contribution >= 4 is 11.4 Å². The lowest BCUT2D eigenvalue weighted by atomic mass is 9.63. The molecule has 0 spiro atoms. The van der Waals surface area contributed by atoms with Gasteiger partial charge in [-0.2, -0.15) is 0 Å². The summed E-state index contributed by atoms with van der Waals surface area (Å²) >= 11 is 0. The molecule has 1 aliphatic carbocycles. The van der Waals surface area contributed by atoms with E-state index in [1.807, 2.05) is 32.2 Å². The summed E-state index contributed by atoms with van der Waals surface area (Å²) in [4.78, 5) is 12.8. The largest absolute Gasteiger partial charge is 0.396 e. The molecule has 29 heavy (non-hydrogen) atoms. The highest BCUT2D eigenvalue weighted by Crippen LogP contribution is 2.48. The van der Waals surface area contributed by atoms with Crippen LogP contribution in [-0.2, 0) is 15.6 Å². The Kier molecular flexibility index (Phi) is 5.03. The Labute approximate surface area is 171 Å². The molecule has 1 N–H and O–H groups in total. The number of nitrogens with zero attached hydrogens (tertiary/aromatic N) is 3. The quantitative estimate of drug-likeness (QED) is 0.658. The predicted octanol–water partition coefficient (Wildman–Crippen LogP) is 4.13. The van der Waals surface area contributed by atoms with Gasteiger partial charge in [0.15, 0.2) is 5.65 Å². The van der Waals surface area contributed by atoms with Crippen LogP contribution in [0.1, 0.15) is 68.5 Å². The fourth-order valence-corrected chi connectivity index (χ4v) is 4.48. The second-order valence-corrected chi connectivity index (χ2v) is 8.82. The molecule has 0 saturated heterocycles. The Balaban J connectivity index is 1.80. The van der Waals surface area contributed by atoms with Crippen LogP contribution in [0, 0.1) is 6.92 Å². The maximum absolute atomic E-state index is 12.8. The maximum Gasteiger partial charge on any atom is 0.165 e. The molecule has 0 aliphatic heterocycles. The van der Waals surface area contributed by atoms with Crippen molar-refractivity contribution in [2.24, 2.45) is 0 Å². The topological polar surface area (TPSA) is 67.5 Å². The van der Waals surface area contributed by atoms with Crippen LogP contribution < -0.4 is 0 Å². The molecule has 2 aromatic heterocycles. The predicted molar refractivity (Wildman–Crippen MR) is 113 cm³/mol. The van der Waals surface area contributed by atoms with Crippen molar-refractivity contribution < 1.29 is 9.90 Å². The van der Waals surface area contributed by atoms with E-state index in [1.165, 1.54) is 17.5 Å². The zero-order valence-corrected chi connectivity index (χ0v) is 17.5. The number of carbonyl (C=O) groups excluding carboxylic acids is 1. The van der Waals surface area contributed by atoms with Crippen LogP contribution in [0.4, 0.5) is 0 Å². The number of carbonyl (C=O) groups is 1. The molecule has 1 aromatic carbocycles. The molecule has 5 heteroatoms. The van der Waals surface area contributed by atoms with Crippen molar-refractivity contribution in [2.75, 3.05) is 6.61 Å². The Morgan fingerprint density at radius 2 is 1.90 bits per heavy atom. The van der Waals surface area contributed by atoms with E-state index < -0.39 is 5.41 Å². The van der Waals surface area contributed by atoms with Crippen molar-refractivity contribution in [3.63, 3.8) is 0 Å². The molecule has 3 aromatic rings. The van der Waals surface area contributed by atoms with Crippen LogP contribution in [-0.4, -0.2) is 32.1 Å². The number of pyridine rings is 1. The van der Waals surface area contributed by atoms with E-state index in [9.17, 15) is 4.79 Å². The number of rotatable bonds is 7. The van der Waals surface area contributed by atoms with Crippen molar-refractivity contribution in [1.82, 2.24) is 14.6 Å². The summed E-state index contributed by atoms with van der Waals surface area (Å²) in [5, 5.41) is 18.3. The molecule has 0 unspecified atom stereocenters. The zero-order chi connectivity index (χ0) is 20.6. The second-order valence-electron chi connectivity index (χ2n) is 8.82. The number of benzene rings is 1. The number of fused-ring (bicyclic) bond motifs is 1. The highest BCUT2D eigenvalue weighted by Gasteiger charge is 2.44. The third-order valence-electron chi connectivity index (χ3n) is 6.61. The molecule has 1 fully saturated rings. The molecular formula is C24H29N3O2. The SMILES string of the molecule is Cc1ccc(C2(c3nnc4c(C(C)(C)C(=O)CCCO)cccn34)CCC2)cc1. The third-order valence-corrected chi connectivity index (χ3v) is 6.61. The first-order valence-electron chi connectivity index (χ1n) is 10.5. The minimum atomic E-state index is -0.682. The molecule has 1 saturated carbocycles. The Morgan fingerprint density at radius 3 is 2.52 bits per heavy atom. The number of aryl methyl sites for hydroxylation is 1. The fraction of sp³-hybridized carbons (Fsp3) is 0.458. The number of ketones is 1. The number of hydrogen-bond acceptors (Lipinski definition) is 4. The highest BCUT2D eigenvalue weighted by atomic mass is 16.3. The summed E-state index contributed by atoms with van der Waals surface area (Å²) in [6, 6.07) is 12.7. The van der Waals surface area contributed by atoms with Gasteiger partial charge in [-0.3, -0.25) is 9.20 Å². The van der Waals surface area contributed by atoms with Crippen molar-refractivity contribution in [3.05, 3.63) is 65.1 Å². The lowest BCUT2D eigenvalue weighted by molar-refractivity contribution is -0.123. The van der Waals surface area contributed by atoms with Crippen LogP contribution >= 0.6 is 0 Å². The van der Waals surface area contributed by atoms with Crippen molar-refractivity contribution in [1.29, 1.82) is 0 Å². The van der Waals surface area contributed by atoms with Gasteiger partial charge in [0.25, 0.3) is 0 Å². The van der Waals surface area contributed by atoms with Gasteiger partial charge in [-0.05, 0) is 51.7 Å².